The Hall–Kier alpha value is -3.10. The van der Waals surface area contributed by atoms with Gasteiger partial charge >= 0.3 is 11.9 Å². The summed E-state index contributed by atoms with van der Waals surface area (Å²) in [7, 11) is 0. The Morgan fingerprint density at radius 1 is 0.625 bits per heavy atom. The van der Waals surface area contributed by atoms with Crippen molar-refractivity contribution < 1.29 is 38.0 Å². The number of rotatable bonds is 16. The zero-order valence-corrected chi connectivity index (χ0v) is 23.7. The van der Waals surface area contributed by atoms with E-state index >= 15 is 0 Å². The average Bonchev–Trinajstić information content (AvgIpc) is 3.56. The van der Waals surface area contributed by atoms with Gasteiger partial charge in [-0.2, -0.15) is 0 Å². The summed E-state index contributed by atoms with van der Waals surface area (Å²) in [6, 6.07) is 13.9. The van der Waals surface area contributed by atoms with E-state index in [1.807, 2.05) is 0 Å². The summed E-state index contributed by atoms with van der Waals surface area (Å²) < 4.78 is 34.6. The third kappa shape index (κ3) is 8.45. The lowest BCUT2D eigenvalue weighted by molar-refractivity contribution is -0.0287. The van der Waals surface area contributed by atoms with Gasteiger partial charge in [0.2, 0.25) is 0 Å². The third-order valence-corrected chi connectivity index (χ3v) is 7.19. The Balaban J connectivity index is 1.20. The second kappa shape index (κ2) is 15.6. The van der Waals surface area contributed by atoms with Crippen LogP contribution in [0, 0.1) is 0 Å². The molecule has 40 heavy (non-hydrogen) atoms. The lowest BCUT2D eigenvalue weighted by Crippen LogP contribution is -2.36. The number of hydrogen-bond donors (Lipinski definition) is 0. The normalized spacial score (nSPS) is 21.6. The Morgan fingerprint density at radius 2 is 1.02 bits per heavy atom. The number of ether oxygens (including phenoxy) is 6. The number of carbonyl (C=O) groups excluding carboxylic acids is 2. The molecule has 0 aliphatic carbocycles. The third-order valence-electron chi connectivity index (χ3n) is 7.19. The van der Waals surface area contributed by atoms with Gasteiger partial charge in [-0.15, -0.1) is 0 Å². The fourth-order valence-electron chi connectivity index (χ4n) is 4.85. The van der Waals surface area contributed by atoms with Crippen LogP contribution in [0.15, 0.2) is 48.5 Å². The highest BCUT2D eigenvalue weighted by Crippen LogP contribution is 2.31. The van der Waals surface area contributed by atoms with Crippen LogP contribution in [0.2, 0.25) is 0 Å². The number of hydrogen-bond acceptors (Lipinski definition) is 8. The van der Waals surface area contributed by atoms with Crippen molar-refractivity contribution in [3.63, 3.8) is 0 Å². The van der Waals surface area contributed by atoms with Crippen molar-refractivity contribution >= 4 is 11.9 Å². The minimum Gasteiger partial charge on any atom is -0.494 e. The molecule has 2 saturated heterocycles. The van der Waals surface area contributed by atoms with Crippen LogP contribution in [0.3, 0.4) is 0 Å². The molecule has 2 heterocycles. The molecule has 0 unspecified atom stereocenters. The summed E-state index contributed by atoms with van der Waals surface area (Å²) in [4.78, 5) is 25.5. The van der Waals surface area contributed by atoms with Crippen LogP contribution in [0.5, 0.6) is 11.5 Å². The van der Waals surface area contributed by atoms with Crippen LogP contribution < -0.4 is 9.47 Å². The molecule has 2 aliphatic heterocycles. The van der Waals surface area contributed by atoms with Crippen molar-refractivity contribution in [3.05, 3.63) is 59.7 Å². The summed E-state index contributed by atoms with van der Waals surface area (Å²) in [6.07, 6.45) is 6.97. The van der Waals surface area contributed by atoms with E-state index in [9.17, 15) is 9.59 Å². The average molecular weight is 555 g/mol. The highest BCUT2D eigenvalue weighted by Gasteiger charge is 2.51. The largest absolute Gasteiger partial charge is 0.494 e. The SMILES string of the molecule is CCCCCCOc1ccc(C(=O)O[C@@H]2CO[C@H]3[C@@H]2OC[C@H]3OC(=O)c2ccc(OCCCCCC)cc2)cc1. The van der Waals surface area contributed by atoms with E-state index in [4.69, 9.17) is 28.4 Å². The fraction of sp³-hybridized carbons (Fsp3) is 0.562. The molecule has 2 aromatic carbocycles. The van der Waals surface area contributed by atoms with Crippen molar-refractivity contribution in [1.29, 1.82) is 0 Å². The van der Waals surface area contributed by atoms with Gasteiger partial charge in [-0.05, 0) is 61.4 Å². The summed E-state index contributed by atoms with van der Waals surface area (Å²) in [5, 5.41) is 0. The monoisotopic (exact) mass is 554 g/mol. The van der Waals surface area contributed by atoms with Gasteiger partial charge < -0.3 is 28.4 Å². The van der Waals surface area contributed by atoms with Gasteiger partial charge in [-0.3, -0.25) is 0 Å². The standard InChI is InChI=1S/C32H42O8/c1-3-5-7-9-19-35-25-15-11-23(12-16-25)31(33)39-27-21-37-30-28(22-38-29(27)30)40-32(34)24-13-17-26(18-14-24)36-20-10-8-6-4-2/h11-18,27-30H,3-10,19-22H2,1-2H3/t27-,28-,29-,30-/m1/s1. The van der Waals surface area contributed by atoms with E-state index in [0.29, 0.717) is 24.3 Å². The van der Waals surface area contributed by atoms with Gasteiger partial charge in [-0.1, -0.05) is 52.4 Å². The molecular formula is C32H42O8. The summed E-state index contributed by atoms with van der Waals surface area (Å²) in [5.41, 5.74) is 0.854. The highest BCUT2D eigenvalue weighted by molar-refractivity contribution is 5.90. The summed E-state index contributed by atoms with van der Waals surface area (Å²) in [6.45, 7) is 6.03. The van der Waals surface area contributed by atoms with E-state index in [1.165, 1.54) is 25.7 Å². The zero-order chi connectivity index (χ0) is 28.2. The van der Waals surface area contributed by atoms with Crippen LogP contribution in [0.25, 0.3) is 0 Å². The molecule has 0 spiro atoms. The Labute approximate surface area is 237 Å². The molecule has 0 bridgehead atoms. The maximum Gasteiger partial charge on any atom is 0.338 e. The summed E-state index contributed by atoms with van der Waals surface area (Å²) >= 11 is 0. The van der Waals surface area contributed by atoms with Gasteiger partial charge in [0.15, 0.2) is 12.2 Å². The minimum atomic E-state index is -0.579. The molecule has 0 aromatic heterocycles. The number of unbranched alkanes of at least 4 members (excludes halogenated alkanes) is 6. The van der Waals surface area contributed by atoms with Crippen molar-refractivity contribution in [2.45, 2.75) is 89.6 Å². The van der Waals surface area contributed by atoms with Crippen molar-refractivity contribution in [1.82, 2.24) is 0 Å². The number of esters is 2. The Bertz CT molecular complexity index is 966. The van der Waals surface area contributed by atoms with Crippen LogP contribution in [-0.2, 0) is 18.9 Å². The Morgan fingerprint density at radius 3 is 1.40 bits per heavy atom. The number of benzene rings is 2. The molecule has 2 aromatic rings. The predicted molar refractivity (Wildman–Crippen MR) is 150 cm³/mol. The first-order valence-corrected chi connectivity index (χ1v) is 14.7. The van der Waals surface area contributed by atoms with Gasteiger partial charge in [0.1, 0.15) is 23.7 Å². The molecule has 218 valence electrons. The maximum absolute atomic E-state index is 12.7. The molecule has 0 amide bonds. The topological polar surface area (TPSA) is 89.5 Å². The van der Waals surface area contributed by atoms with E-state index in [0.717, 1.165) is 37.2 Å². The molecule has 2 aliphatic rings. The quantitative estimate of drug-likeness (QED) is 0.180. The molecule has 8 heteroatoms. The maximum atomic E-state index is 12.7. The van der Waals surface area contributed by atoms with Gasteiger partial charge in [-0.25, -0.2) is 9.59 Å². The fourth-order valence-corrected chi connectivity index (χ4v) is 4.85. The van der Waals surface area contributed by atoms with Gasteiger partial charge in [0.05, 0.1) is 37.6 Å². The van der Waals surface area contributed by atoms with Crippen LogP contribution >= 0.6 is 0 Å². The van der Waals surface area contributed by atoms with Gasteiger partial charge in [0, 0.05) is 0 Å². The zero-order valence-electron chi connectivity index (χ0n) is 23.7. The molecule has 0 radical (unpaired) electrons. The molecule has 2 fully saturated rings. The predicted octanol–water partition coefficient (Wildman–Crippen LogP) is 6.15. The van der Waals surface area contributed by atoms with E-state index < -0.39 is 36.4 Å². The lowest BCUT2D eigenvalue weighted by Gasteiger charge is -2.17. The van der Waals surface area contributed by atoms with Crippen molar-refractivity contribution in [2.75, 3.05) is 26.4 Å². The molecule has 8 nitrogen and oxygen atoms in total. The van der Waals surface area contributed by atoms with Gasteiger partial charge in [0.25, 0.3) is 0 Å². The minimum absolute atomic E-state index is 0.179. The van der Waals surface area contributed by atoms with Crippen molar-refractivity contribution in [2.24, 2.45) is 0 Å². The number of fused-ring (bicyclic) bond motifs is 1. The molecule has 4 atom stereocenters. The Kier molecular flexibility index (Phi) is 11.7. The van der Waals surface area contributed by atoms with Crippen LogP contribution in [-0.4, -0.2) is 62.8 Å². The second-order valence-electron chi connectivity index (χ2n) is 10.4. The molecular weight excluding hydrogens is 512 g/mol. The van der Waals surface area contributed by atoms with Crippen LogP contribution in [0.1, 0.15) is 85.9 Å². The van der Waals surface area contributed by atoms with Crippen LogP contribution in [0.4, 0.5) is 0 Å². The first-order valence-electron chi connectivity index (χ1n) is 14.7. The molecule has 0 N–H and O–H groups in total. The van der Waals surface area contributed by atoms with E-state index in [1.54, 1.807) is 48.5 Å². The van der Waals surface area contributed by atoms with E-state index in [2.05, 4.69) is 13.8 Å². The highest BCUT2D eigenvalue weighted by atomic mass is 16.7. The molecule has 0 saturated carbocycles. The number of carbonyl (C=O) groups is 2. The second-order valence-corrected chi connectivity index (χ2v) is 10.4. The summed E-state index contributed by atoms with van der Waals surface area (Å²) in [5.74, 6) is 0.539. The smallest absolute Gasteiger partial charge is 0.338 e. The first kappa shape index (κ1) is 29.9. The molecule has 4 rings (SSSR count). The van der Waals surface area contributed by atoms with E-state index in [-0.39, 0.29) is 13.2 Å². The first-order chi connectivity index (χ1) is 19.6. The van der Waals surface area contributed by atoms with Crippen molar-refractivity contribution in [3.8, 4) is 11.5 Å². The lowest BCUT2D eigenvalue weighted by atomic mass is 10.1.